The van der Waals surface area contributed by atoms with Crippen LogP contribution in [0.4, 0.5) is 0 Å². The van der Waals surface area contributed by atoms with E-state index < -0.39 is 0 Å². The number of morpholine rings is 1. The van der Waals surface area contributed by atoms with Crippen molar-refractivity contribution in [2.75, 3.05) is 46.1 Å². The summed E-state index contributed by atoms with van der Waals surface area (Å²) in [6, 6.07) is 0.474. The number of ether oxygens (including phenoxy) is 2. The molecule has 0 spiro atoms. The highest BCUT2D eigenvalue weighted by molar-refractivity contribution is 4.73. The SMILES string of the molecule is C(COCC1CC1)NCC1COCCN1. The molecule has 88 valence electrons. The minimum atomic E-state index is 0.474. The predicted octanol–water partition coefficient (Wildman–Crippen LogP) is -0.00900. The zero-order chi connectivity index (χ0) is 10.3. The second-order valence-electron chi connectivity index (χ2n) is 4.45. The first kappa shape index (κ1) is 11.3. The number of hydrogen-bond acceptors (Lipinski definition) is 4. The topological polar surface area (TPSA) is 42.5 Å². The molecule has 4 nitrogen and oxygen atoms in total. The summed E-state index contributed by atoms with van der Waals surface area (Å²) in [5.74, 6) is 0.874. The lowest BCUT2D eigenvalue weighted by atomic mass is 10.3. The third kappa shape index (κ3) is 4.93. The van der Waals surface area contributed by atoms with E-state index in [1.807, 2.05) is 0 Å². The monoisotopic (exact) mass is 214 g/mol. The highest BCUT2D eigenvalue weighted by atomic mass is 16.5. The minimum absolute atomic E-state index is 0.474. The van der Waals surface area contributed by atoms with Crippen molar-refractivity contribution in [2.24, 2.45) is 5.92 Å². The summed E-state index contributed by atoms with van der Waals surface area (Å²) in [6.07, 6.45) is 2.74. The van der Waals surface area contributed by atoms with Crippen molar-refractivity contribution in [3.63, 3.8) is 0 Å². The number of rotatable bonds is 7. The summed E-state index contributed by atoms with van der Waals surface area (Å²) < 4.78 is 10.9. The van der Waals surface area contributed by atoms with Crippen molar-refractivity contribution in [1.29, 1.82) is 0 Å². The Balaban J connectivity index is 1.37. The predicted molar refractivity (Wildman–Crippen MR) is 59.0 cm³/mol. The van der Waals surface area contributed by atoms with Crippen LogP contribution < -0.4 is 10.6 Å². The maximum atomic E-state index is 5.53. The molecular formula is C11H22N2O2. The lowest BCUT2D eigenvalue weighted by Crippen LogP contribution is -2.47. The molecule has 0 aromatic rings. The van der Waals surface area contributed by atoms with Gasteiger partial charge in [0.1, 0.15) is 0 Å². The van der Waals surface area contributed by atoms with Crippen LogP contribution in [0.1, 0.15) is 12.8 Å². The molecule has 1 aliphatic heterocycles. The van der Waals surface area contributed by atoms with E-state index in [9.17, 15) is 0 Å². The first-order chi connectivity index (χ1) is 7.45. The summed E-state index contributed by atoms with van der Waals surface area (Å²) in [6.45, 7) is 6.38. The van der Waals surface area contributed by atoms with Crippen LogP contribution in [0.2, 0.25) is 0 Å². The van der Waals surface area contributed by atoms with E-state index in [0.717, 1.165) is 52.0 Å². The van der Waals surface area contributed by atoms with Gasteiger partial charge in [-0.1, -0.05) is 0 Å². The molecule has 1 saturated heterocycles. The Labute approximate surface area is 91.7 Å². The van der Waals surface area contributed by atoms with Gasteiger partial charge >= 0.3 is 0 Å². The highest BCUT2D eigenvalue weighted by Crippen LogP contribution is 2.28. The quantitative estimate of drug-likeness (QED) is 0.585. The summed E-state index contributed by atoms with van der Waals surface area (Å²) in [4.78, 5) is 0. The molecule has 0 bridgehead atoms. The fourth-order valence-corrected chi connectivity index (χ4v) is 1.71. The van der Waals surface area contributed by atoms with E-state index in [1.165, 1.54) is 12.8 Å². The van der Waals surface area contributed by atoms with Crippen LogP contribution in [0.3, 0.4) is 0 Å². The van der Waals surface area contributed by atoms with Crippen LogP contribution in [-0.2, 0) is 9.47 Å². The molecule has 1 atom stereocenters. The van der Waals surface area contributed by atoms with E-state index in [-0.39, 0.29) is 0 Å². The third-order valence-electron chi connectivity index (χ3n) is 2.86. The van der Waals surface area contributed by atoms with Gasteiger partial charge in [0.05, 0.1) is 19.8 Å². The van der Waals surface area contributed by atoms with Gasteiger partial charge in [0.2, 0.25) is 0 Å². The fraction of sp³-hybridized carbons (Fsp3) is 1.00. The normalized spacial score (nSPS) is 26.8. The van der Waals surface area contributed by atoms with E-state index in [2.05, 4.69) is 10.6 Å². The van der Waals surface area contributed by atoms with E-state index in [1.54, 1.807) is 0 Å². The molecule has 0 amide bonds. The first-order valence-corrected chi connectivity index (χ1v) is 6.05. The van der Waals surface area contributed by atoms with Gasteiger partial charge in [-0.2, -0.15) is 0 Å². The van der Waals surface area contributed by atoms with Crippen LogP contribution in [0.5, 0.6) is 0 Å². The lowest BCUT2D eigenvalue weighted by Gasteiger charge is -2.23. The Kier molecular flexibility index (Phi) is 4.86. The van der Waals surface area contributed by atoms with Gasteiger partial charge in [0.15, 0.2) is 0 Å². The van der Waals surface area contributed by atoms with Gasteiger partial charge < -0.3 is 20.1 Å². The smallest absolute Gasteiger partial charge is 0.0632 e. The average Bonchev–Trinajstić information content (AvgIpc) is 3.09. The van der Waals surface area contributed by atoms with Crippen LogP contribution in [0.25, 0.3) is 0 Å². The van der Waals surface area contributed by atoms with Crippen molar-refractivity contribution in [2.45, 2.75) is 18.9 Å². The molecule has 1 heterocycles. The maximum Gasteiger partial charge on any atom is 0.0632 e. The molecule has 2 aliphatic rings. The van der Waals surface area contributed by atoms with Crippen molar-refractivity contribution in [3.8, 4) is 0 Å². The molecule has 1 unspecified atom stereocenters. The van der Waals surface area contributed by atoms with Gasteiger partial charge in [-0.25, -0.2) is 0 Å². The Morgan fingerprint density at radius 2 is 2.33 bits per heavy atom. The third-order valence-corrected chi connectivity index (χ3v) is 2.86. The summed E-state index contributed by atoms with van der Waals surface area (Å²) >= 11 is 0. The Bertz CT molecular complexity index is 168. The highest BCUT2D eigenvalue weighted by Gasteiger charge is 2.20. The molecule has 15 heavy (non-hydrogen) atoms. The zero-order valence-electron chi connectivity index (χ0n) is 9.34. The van der Waals surface area contributed by atoms with E-state index in [4.69, 9.17) is 9.47 Å². The Morgan fingerprint density at radius 1 is 1.40 bits per heavy atom. The number of nitrogens with one attached hydrogen (secondary N) is 2. The molecule has 2 N–H and O–H groups in total. The van der Waals surface area contributed by atoms with Crippen molar-refractivity contribution in [1.82, 2.24) is 10.6 Å². The molecule has 2 fully saturated rings. The summed E-state index contributed by atoms with van der Waals surface area (Å²) in [5.41, 5.74) is 0. The van der Waals surface area contributed by atoms with Gasteiger partial charge in [0, 0.05) is 32.3 Å². The Hall–Kier alpha value is -0.160. The van der Waals surface area contributed by atoms with Crippen molar-refractivity contribution >= 4 is 0 Å². The molecule has 0 aromatic carbocycles. The zero-order valence-corrected chi connectivity index (χ0v) is 9.34. The second-order valence-corrected chi connectivity index (χ2v) is 4.45. The van der Waals surface area contributed by atoms with Crippen LogP contribution in [0, 0.1) is 5.92 Å². The fourth-order valence-electron chi connectivity index (χ4n) is 1.71. The molecule has 4 heteroatoms. The first-order valence-electron chi connectivity index (χ1n) is 6.05. The molecule has 2 rings (SSSR count). The summed E-state index contributed by atoms with van der Waals surface area (Å²) in [7, 11) is 0. The van der Waals surface area contributed by atoms with Gasteiger partial charge in [-0.15, -0.1) is 0 Å². The van der Waals surface area contributed by atoms with Crippen molar-refractivity contribution in [3.05, 3.63) is 0 Å². The standard InChI is InChI=1S/C11H22N2O2/c1-2-10(1)8-14-5-3-12-7-11-9-15-6-4-13-11/h10-13H,1-9H2. The Morgan fingerprint density at radius 3 is 3.07 bits per heavy atom. The molecule has 0 radical (unpaired) electrons. The van der Waals surface area contributed by atoms with Crippen molar-refractivity contribution < 1.29 is 9.47 Å². The average molecular weight is 214 g/mol. The second kappa shape index (κ2) is 6.43. The largest absolute Gasteiger partial charge is 0.380 e. The van der Waals surface area contributed by atoms with E-state index >= 15 is 0 Å². The molecule has 1 aliphatic carbocycles. The van der Waals surface area contributed by atoms with E-state index in [0.29, 0.717) is 6.04 Å². The molecule has 0 aromatic heterocycles. The lowest BCUT2D eigenvalue weighted by molar-refractivity contribution is 0.0748. The maximum absolute atomic E-state index is 5.53. The van der Waals surface area contributed by atoms with Gasteiger partial charge in [-0.05, 0) is 18.8 Å². The molecule has 1 saturated carbocycles. The van der Waals surface area contributed by atoms with Gasteiger partial charge in [0.25, 0.3) is 0 Å². The van der Waals surface area contributed by atoms with Crippen LogP contribution in [-0.4, -0.2) is 52.1 Å². The van der Waals surface area contributed by atoms with Crippen LogP contribution >= 0.6 is 0 Å². The van der Waals surface area contributed by atoms with Gasteiger partial charge in [-0.3, -0.25) is 0 Å². The number of hydrogen-bond donors (Lipinski definition) is 2. The van der Waals surface area contributed by atoms with Crippen LogP contribution in [0.15, 0.2) is 0 Å². The molecular weight excluding hydrogens is 192 g/mol. The summed E-state index contributed by atoms with van der Waals surface area (Å²) in [5, 5.41) is 6.79. The minimum Gasteiger partial charge on any atom is -0.380 e.